The standard InChI is InChI=1S/C17H21FN4O8S/c1-2-29-12-5-3-10(13(18)8-12)7-15(23)19-20-16(24)14-6-4-11-9-21(14)17(25)22(11)30-31(26,27)28/h3,5,8,11,14H,2,4,6-7,9H2,1H3,(H,19,23)(H,20,24)(H,26,27,28)/t11-,14+/m1/s1. The lowest BCUT2D eigenvalue weighted by atomic mass is 10.0. The Balaban J connectivity index is 1.54. The molecule has 2 atom stereocenters. The van der Waals surface area contributed by atoms with E-state index in [1.54, 1.807) is 6.92 Å². The fraction of sp³-hybridized carbons (Fsp3) is 0.471. The van der Waals surface area contributed by atoms with Crippen LogP contribution in [0, 0.1) is 5.82 Å². The van der Waals surface area contributed by atoms with Crippen molar-refractivity contribution in [3.63, 3.8) is 0 Å². The van der Waals surface area contributed by atoms with Crippen LogP contribution in [-0.2, 0) is 30.7 Å². The van der Waals surface area contributed by atoms with Gasteiger partial charge in [-0.15, -0.1) is 4.28 Å². The highest BCUT2D eigenvalue weighted by Gasteiger charge is 2.49. The largest absolute Gasteiger partial charge is 0.494 e. The molecule has 170 valence electrons. The van der Waals surface area contributed by atoms with Gasteiger partial charge in [-0.05, 0) is 31.4 Å². The molecule has 0 aromatic heterocycles. The van der Waals surface area contributed by atoms with Crippen molar-refractivity contribution in [1.82, 2.24) is 20.8 Å². The Morgan fingerprint density at radius 3 is 2.68 bits per heavy atom. The van der Waals surface area contributed by atoms with Crippen molar-refractivity contribution in [3.8, 4) is 5.75 Å². The molecule has 2 fully saturated rings. The number of fused-ring (bicyclic) bond motifs is 2. The fourth-order valence-corrected chi connectivity index (χ4v) is 3.85. The van der Waals surface area contributed by atoms with Gasteiger partial charge in [0, 0.05) is 12.6 Å². The first-order valence-electron chi connectivity index (χ1n) is 9.35. The molecule has 2 aliphatic heterocycles. The van der Waals surface area contributed by atoms with Crippen LogP contribution in [0.3, 0.4) is 0 Å². The summed E-state index contributed by atoms with van der Waals surface area (Å²) in [4.78, 5) is 37.9. The molecule has 0 aliphatic carbocycles. The number of benzene rings is 1. The number of rotatable bonds is 7. The van der Waals surface area contributed by atoms with Gasteiger partial charge in [0.1, 0.15) is 17.6 Å². The molecule has 4 amide bonds. The molecule has 2 aliphatic rings. The minimum atomic E-state index is -4.90. The lowest BCUT2D eigenvalue weighted by Gasteiger charge is -2.29. The van der Waals surface area contributed by atoms with E-state index >= 15 is 0 Å². The molecule has 0 radical (unpaired) electrons. The maximum Gasteiger partial charge on any atom is 0.418 e. The van der Waals surface area contributed by atoms with Gasteiger partial charge in [-0.25, -0.2) is 9.18 Å². The number of nitrogens with zero attached hydrogens (tertiary/aromatic N) is 2. The number of hydrogen-bond donors (Lipinski definition) is 3. The summed E-state index contributed by atoms with van der Waals surface area (Å²) in [6.07, 6.45) is 0.0715. The van der Waals surface area contributed by atoms with E-state index in [9.17, 15) is 27.2 Å². The molecule has 31 heavy (non-hydrogen) atoms. The number of amides is 4. The summed E-state index contributed by atoms with van der Waals surface area (Å²) in [6.45, 7) is 2.13. The van der Waals surface area contributed by atoms with Crippen LogP contribution < -0.4 is 15.6 Å². The molecular formula is C17H21FN4O8S. The van der Waals surface area contributed by atoms with E-state index in [-0.39, 0.29) is 31.4 Å². The summed E-state index contributed by atoms with van der Waals surface area (Å²) < 4.78 is 54.1. The molecule has 0 unspecified atom stereocenters. The molecule has 2 heterocycles. The van der Waals surface area contributed by atoms with Crippen molar-refractivity contribution in [2.45, 2.75) is 38.3 Å². The number of nitrogens with one attached hydrogen (secondary N) is 2. The number of halogens is 1. The van der Waals surface area contributed by atoms with E-state index in [4.69, 9.17) is 9.29 Å². The van der Waals surface area contributed by atoms with Gasteiger partial charge < -0.3 is 9.64 Å². The Kier molecular flexibility index (Phi) is 6.62. The number of carbonyl (C=O) groups is 3. The van der Waals surface area contributed by atoms with E-state index in [0.29, 0.717) is 17.4 Å². The third-order valence-corrected chi connectivity index (χ3v) is 5.16. The number of carbonyl (C=O) groups excluding carboxylic acids is 3. The van der Waals surface area contributed by atoms with Crippen LogP contribution in [0.4, 0.5) is 9.18 Å². The Morgan fingerprint density at radius 2 is 2.03 bits per heavy atom. The Labute approximate surface area is 177 Å². The first-order chi connectivity index (χ1) is 14.6. The van der Waals surface area contributed by atoms with Crippen molar-refractivity contribution in [2.24, 2.45) is 0 Å². The number of hydroxylamine groups is 2. The van der Waals surface area contributed by atoms with Gasteiger partial charge in [0.2, 0.25) is 5.91 Å². The summed E-state index contributed by atoms with van der Waals surface area (Å²) >= 11 is 0. The summed E-state index contributed by atoms with van der Waals surface area (Å²) in [5.74, 6) is -1.70. The Morgan fingerprint density at radius 1 is 1.29 bits per heavy atom. The highest BCUT2D eigenvalue weighted by atomic mass is 32.3. The number of hydrazine groups is 1. The van der Waals surface area contributed by atoms with Gasteiger partial charge in [0.05, 0.1) is 19.1 Å². The minimum absolute atomic E-state index is 0.0117. The van der Waals surface area contributed by atoms with Gasteiger partial charge in [0.15, 0.2) is 0 Å². The van der Waals surface area contributed by atoms with Crippen LogP contribution in [0.2, 0.25) is 0 Å². The predicted molar refractivity (Wildman–Crippen MR) is 101 cm³/mol. The zero-order valence-corrected chi connectivity index (χ0v) is 17.2. The van der Waals surface area contributed by atoms with Crippen LogP contribution >= 0.6 is 0 Å². The number of hydrogen-bond acceptors (Lipinski definition) is 7. The van der Waals surface area contributed by atoms with E-state index in [2.05, 4.69) is 15.1 Å². The average molecular weight is 460 g/mol. The van der Waals surface area contributed by atoms with E-state index in [0.717, 1.165) is 11.0 Å². The lowest BCUT2D eigenvalue weighted by molar-refractivity contribution is -0.131. The summed E-state index contributed by atoms with van der Waals surface area (Å²) in [5, 5.41) is 0.510. The summed E-state index contributed by atoms with van der Waals surface area (Å²) in [6, 6.07) is 1.55. The third kappa shape index (κ3) is 5.39. The second-order valence-electron chi connectivity index (χ2n) is 6.91. The monoisotopic (exact) mass is 460 g/mol. The second kappa shape index (κ2) is 9.03. The zero-order valence-electron chi connectivity index (χ0n) is 16.4. The Hall–Kier alpha value is -2.97. The van der Waals surface area contributed by atoms with Gasteiger partial charge in [0.25, 0.3) is 5.91 Å². The quantitative estimate of drug-likeness (QED) is 0.377. The third-order valence-electron chi connectivity index (χ3n) is 4.81. The number of ether oxygens (including phenoxy) is 1. The van der Waals surface area contributed by atoms with E-state index in [1.165, 1.54) is 12.1 Å². The van der Waals surface area contributed by atoms with Gasteiger partial charge in [-0.2, -0.15) is 13.5 Å². The normalized spacial score (nSPS) is 20.5. The first-order valence-corrected chi connectivity index (χ1v) is 10.7. The molecule has 1 aromatic rings. The molecule has 3 N–H and O–H groups in total. The summed E-state index contributed by atoms with van der Waals surface area (Å²) in [5.41, 5.74) is 4.45. The highest BCUT2D eigenvalue weighted by Crippen LogP contribution is 2.30. The van der Waals surface area contributed by atoms with Gasteiger partial charge >= 0.3 is 16.4 Å². The molecule has 2 bridgehead atoms. The van der Waals surface area contributed by atoms with Crippen molar-refractivity contribution in [2.75, 3.05) is 13.2 Å². The van der Waals surface area contributed by atoms with Crippen molar-refractivity contribution in [1.29, 1.82) is 0 Å². The molecule has 2 saturated heterocycles. The average Bonchev–Trinajstić information content (AvgIpc) is 2.92. The number of piperidine rings is 1. The second-order valence-corrected chi connectivity index (χ2v) is 7.91. The van der Waals surface area contributed by atoms with Crippen LogP contribution in [0.25, 0.3) is 0 Å². The molecule has 0 saturated carbocycles. The predicted octanol–water partition coefficient (Wildman–Crippen LogP) is -0.0827. The van der Waals surface area contributed by atoms with Crippen LogP contribution in [0.15, 0.2) is 18.2 Å². The van der Waals surface area contributed by atoms with E-state index in [1.807, 2.05) is 0 Å². The Bertz CT molecular complexity index is 988. The molecular weight excluding hydrogens is 439 g/mol. The molecule has 0 spiro atoms. The van der Waals surface area contributed by atoms with Gasteiger partial charge in [-0.3, -0.25) is 25.0 Å². The van der Waals surface area contributed by atoms with Crippen molar-refractivity contribution >= 4 is 28.2 Å². The van der Waals surface area contributed by atoms with Crippen LogP contribution in [-0.4, -0.2) is 66.0 Å². The summed E-state index contributed by atoms with van der Waals surface area (Å²) in [7, 11) is -4.90. The molecule has 14 heteroatoms. The van der Waals surface area contributed by atoms with Gasteiger partial charge in [-0.1, -0.05) is 6.07 Å². The zero-order chi connectivity index (χ0) is 22.8. The van der Waals surface area contributed by atoms with Crippen LogP contribution in [0.5, 0.6) is 5.75 Å². The molecule has 12 nitrogen and oxygen atoms in total. The minimum Gasteiger partial charge on any atom is -0.494 e. The van der Waals surface area contributed by atoms with Crippen LogP contribution in [0.1, 0.15) is 25.3 Å². The lowest BCUT2D eigenvalue weighted by Crippen LogP contribution is -2.54. The topological polar surface area (TPSA) is 155 Å². The maximum atomic E-state index is 14.1. The highest BCUT2D eigenvalue weighted by molar-refractivity contribution is 7.80. The van der Waals surface area contributed by atoms with Crippen molar-refractivity contribution < 1.29 is 40.8 Å². The smallest absolute Gasteiger partial charge is 0.418 e. The first kappa shape index (κ1) is 22.7. The SMILES string of the molecule is CCOc1ccc(CC(=O)NNC(=O)[C@@H]2CC[C@@H]3CN2C(=O)N3OS(=O)(=O)O)c(F)c1. The molecule has 3 rings (SSSR count). The van der Waals surface area contributed by atoms with Crippen molar-refractivity contribution in [3.05, 3.63) is 29.6 Å². The molecule has 1 aromatic carbocycles. The van der Waals surface area contributed by atoms with E-state index < -0.39 is 46.1 Å². The maximum absolute atomic E-state index is 14.1. The fourth-order valence-electron chi connectivity index (χ4n) is 3.46. The number of urea groups is 1.